The van der Waals surface area contributed by atoms with Crippen molar-refractivity contribution < 1.29 is 14.7 Å². The van der Waals surface area contributed by atoms with Crippen molar-refractivity contribution in [3.05, 3.63) is 53.7 Å². The normalized spacial score (nSPS) is 14.2. The molecule has 1 heterocycles. The third-order valence-corrected chi connectivity index (χ3v) is 6.07. The monoisotopic (exact) mass is 404 g/mol. The van der Waals surface area contributed by atoms with Gasteiger partial charge < -0.3 is 14.6 Å². The zero-order valence-corrected chi connectivity index (χ0v) is 18.2. The molecule has 0 saturated heterocycles. The quantitative estimate of drug-likeness (QED) is 0.649. The molecule has 1 amide bonds. The Kier molecular flexibility index (Phi) is 4.72. The molecule has 156 valence electrons. The van der Waals surface area contributed by atoms with Crippen molar-refractivity contribution in [2.75, 3.05) is 11.9 Å². The minimum atomic E-state index is -0.965. The van der Waals surface area contributed by atoms with Crippen molar-refractivity contribution in [3.8, 4) is 11.1 Å². The summed E-state index contributed by atoms with van der Waals surface area (Å²) in [5, 5.41) is 10.8. The number of hydrogen-bond donors (Lipinski definition) is 1. The fourth-order valence-electron chi connectivity index (χ4n) is 4.05. The number of aromatic nitrogens is 1. The first-order valence-corrected chi connectivity index (χ1v) is 10.3. The first-order chi connectivity index (χ1) is 14.1. The highest BCUT2D eigenvalue weighted by molar-refractivity contribution is 6.09. The summed E-state index contributed by atoms with van der Waals surface area (Å²) in [5.41, 5.74) is 4.63. The first-order valence-electron chi connectivity index (χ1n) is 10.3. The predicted molar refractivity (Wildman–Crippen MR) is 120 cm³/mol. The summed E-state index contributed by atoms with van der Waals surface area (Å²) >= 11 is 0. The molecule has 3 aromatic rings. The molecule has 0 aliphatic heterocycles. The number of carboxylic acid groups (broad SMARTS) is 1. The van der Waals surface area contributed by atoms with Crippen LogP contribution in [0.5, 0.6) is 0 Å². The molecule has 0 radical (unpaired) electrons. The smallest absolute Gasteiger partial charge is 0.353 e. The van der Waals surface area contributed by atoms with E-state index in [-0.39, 0.29) is 22.9 Å². The van der Waals surface area contributed by atoms with Gasteiger partial charge in [0.05, 0.1) is 0 Å². The maximum absolute atomic E-state index is 12.5. The van der Waals surface area contributed by atoms with Gasteiger partial charge >= 0.3 is 5.97 Å². The Balaban J connectivity index is 1.89. The van der Waals surface area contributed by atoms with Crippen LogP contribution in [0.1, 0.15) is 49.7 Å². The largest absolute Gasteiger partial charge is 0.477 e. The fourth-order valence-corrected chi connectivity index (χ4v) is 4.05. The third kappa shape index (κ3) is 3.38. The molecular weight excluding hydrogens is 376 g/mol. The van der Waals surface area contributed by atoms with Crippen LogP contribution in [0.25, 0.3) is 22.0 Å². The standard InChI is InChI=1S/C25H28N2O3/c1-25(2,3)17-10-8-15(9-11-17)21-19-14-18(26(4)23(28)16-6-7-16)12-13-20(19)27(5)22(21)24(29)30/h8-14,16H,6-7H2,1-5H3,(H,29,30). The van der Waals surface area contributed by atoms with Crippen LogP contribution < -0.4 is 4.90 Å². The van der Waals surface area contributed by atoms with Gasteiger partial charge in [0.15, 0.2) is 0 Å². The van der Waals surface area contributed by atoms with E-state index in [1.165, 1.54) is 5.56 Å². The highest BCUT2D eigenvalue weighted by Crippen LogP contribution is 2.38. The number of hydrogen-bond acceptors (Lipinski definition) is 2. The van der Waals surface area contributed by atoms with Gasteiger partial charge in [-0.05, 0) is 47.6 Å². The van der Waals surface area contributed by atoms with Gasteiger partial charge in [0, 0.05) is 42.2 Å². The van der Waals surface area contributed by atoms with Gasteiger partial charge in [0.25, 0.3) is 0 Å². The molecule has 2 aromatic carbocycles. The fraction of sp³-hybridized carbons (Fsp3) is 0.360. The van der Waals surface area contributed by atoms with Crippen LogP contribution in [0.3, 0.4) is 0 Å². The SMILES string of the molecule is CN(C(=O)C1CC1)c1ccc2c(c1)c(-c1ccc(C(C)(C)C)cc1)c(C(=O)O)n2C. The number of anilines is 1. The third-order valence-electron chi connectivity index (χ3n) is 6.07. The zero-order chi connectivity index (χ0) is 21.8. The zero-order valence-electron chi connectivity index (χ0n) is 18.2. The van der Waals surface area contributed by atoms with E-state index in [0.29, 0.717) is 5.56 Å². The number of carbonyl (C=O) groups excluding carboxylic acids is 1. The van der Waals surface area contributed by atoms with Crippen molar-refractivity contribution in [1.29, 1.82) is 0 Å². The number of rotatable bonds is 4. The van der Waals surface area contributed by atoms with Crippen LogP contribution in [0.2, 0.25) is 0 Å². The summed E-state index contributed by atoms with van der Waals surface area (Å²) in [4.78, 5) is 26.4. The predicted octanol–water partition coefficient (Wildman–Crippen LogP) is 5.21. The van der Waals surface area contributed by atoms with Gasteiger partial charge in [-0.1, -0.05) is 45.0 Å². The summed E-state index contributed by atoms with van der Waals surface area (Å²) in [5.74, 6) is -0.715. The Hall–Kier alpha value is -3.08. The Morgan fingerprint density at radius 2 is 1.70 bits per heavy atom. The number of carbonyl (C=O) groups is 2. The highest BCUT2D eigenvalue weighted by atomic mass is 16.4. The number of nitrogens with zero attached hydrogens (tertiary/aromatic N) is 2. The lowest BCUT2D eigenvalue weighted by Crippen LogP contribution is -2.27. The maximum atomic E-state index is 12.5. The number of aromatic carboxylic acids is 1. The van der Waals surface area contributed by atoms with Gasteiger partial charge in [0.2, 0.25) is 5.91 Å². The minimum absolute atomic E-state index is 0.0198. The molecule has 0 unspecified atom stereocenters. The Morgan fingerprint density at radius 3 is 2.23 bits per heavy atom. The molecule has 0 atom stereocenters. The molecule has 1 fully saturated rings. The summed E-state index contributed by atoms with van der Waals surface area (Å²) in [7, 11) is 3.57. The minimum Gasteiger partial charge on any atom is -0.477 e. The summed E-state index contributed by atoms with van der Waals surface area (Å²) in [6, 6.07) is 13.8. The van der Waals surface area contributed by atoms with Crippen molar-refractivity contribution >= 4 is 28.5 Å². The maximum Gasteiger partial charge on any atom is 0.353 e. The number of benzene rings is 2. The van der Waals surface area contributed by atoms with Crippen LogP contribution in [0.4, 0.5) is 5.69 Å². The number of carboxylic acids is 1. The van der Waals surface area contributed by atoms with E-state index >= 15 is 0 Å². The van der Waals surface area contributed by atoms with E-state index in [9.17, 15) is 14.7 Å². The lowest BCUT2D eigenvalue weighted by molar-refractivity contribution is -0.119. The van der Waals surface area contributed by atoms with Gasteiger partial charge in [-0.3, -0.25) is 4.79 Å². The molecule has 5 heteroatoms. The van der Waals surface area contributed by atoms with E-state index in [1.54, 1.807) is 23.6 Å². The average Bonchev–Trinajstić information content (AvgIpc) is 3.50. The highest BCUT2D eigenvalue weighted by Gasteiger charge is 2.33. The van der Waals surface area contributed by atoms with Crippen molar-refractivity contribution in [3.63, 3.8) is 0 Å². The van der Waals surface area contributed by atoms with Crippen LogP contribution in [0, 0.1) is 5.92 Å². The Labute approximate surface area is 176 Å². The van der Waals surface area contributed by atoms with Gasteiger partial charge in [0.1, 0.15) is 5.69 Å². The van der Waals surface area contributed by atoms with E-state index in [4.69, 9.17) is 0 Å². The second-order valence-corrected chi connectivity index (χ2v) is 9.29. The van der Waals surface area contributed by atoms with Crippen LogP contribution >= 0.6 is 0 Å². The molecule has 1 aromatic heterocycles. The number of aryl methyl sites for hydroxylation is 1. The molecule has 30 heavy (non-hydrogen) atoms. The van der Waals surface area contributed by atoms with E-state index in [1.807, 2.05) is 30.3 Å². The Morgan fingerprint density at radius 1 is 1.07 bits per heavy atom. The summed E-state index contributed by atoms with van der Waals surface area (Å²) < 4.78 is 1.72. The summed E-state index contributed by atoms with van der Waals surface area (Å²) in [6.07, 6.45) is 1.90. The second-order valence-electron chi connectivity index (χ2n) is 9.29. The molecule has 1 aliphatic carbocycles. The van der Waals surface area contributed by atoms with Crippen molar-refractivity contribution in [1.82, 2.24) is 4.57 Å². The average molecular weight is 405 g/mol. The number of amides is 1. The first kappa shape index (κ1) is 20.2. The van der Waals surface area contributed by atoms with E-state index in [0.717, 1.165) is 35.0 Å². The molecule has 1 aliphatic rings. The molecular formula is C25H28N2O3. The molecule has 0 spiro atoms. The van der Waals surface area contributed by atoms with Crippen molar-refractivity contribution in [2.45, 2.75) is 39.0 Å². The van der Waals surface area contributed by atoms with E-state index in [2.05, 4.69) is 32.9 Å². The molecule has 4 rings (SSSR count). The Bertz CT molecular complexity index is 1150. The summed E-state index contributed by atoms with van der Waals surface area (Å²) in [6.45, 7) is 6.46. The lowest BCUT2D eigenvalue weighted by atomic mass is 9.86. The van der Waals surface area contributed by atoms with Crippen molar-refractivity contribution in [2.24, 2.45) is 13.0 Å². The topological polar surface area (TPSA) is 62.5 Å². The molecule has 0 bridgehead atoms. The van der Waals surface area contributed by atoms with Gasteiger partial charge in [-0.25, -0.2) is 4.79 Å². The van der Waals surface area contributed by atoms with Crippen LogP contribution in [-0.4, -0.2) is 28.6 Å². The molecule has 1 saturated carbocycles. The van der Waals surface area contributed by atoms with E-state index < -0.39 is 5.97 Å². The lowest BCUT2D eigenvalue weighted by Gasteiger charge is -2.19. The van der Waals surface area contributed by atoms with Crippen LogP contribution in [-0.2, 0) is 17.3 Å². The van der Waals surface area contributed by atoms with Gasteiger partial charge in [-0.15, -0.1) is 0 Å². The molecule has 1 N–H and O–H groups in total. The van der Waals surface area contributed by atoms with Gasteiger partial charge in [-0.2, -0.15) is 0 Å². The second kappa shape index (κ2) is 7.01. The van der Waals surface area contributed by atoms with Crippen LogP contribution in [0.15, 0.2) is 42.5 Å². The number of fused-ring (bicyclic) bond motifs is 1. The molecule has 5 nitrogen and oxygen atoms in total.